The van der Waals surface area contributed by atoms with Crippen molar-refractivity contribution in [2.45, 2.75) is 193 Å². The lowest BCUT2D eigenvalue weighted by Gasteiger charge is -2.39. The molecule has 18 rings (SSSR count). The predicted molar refractivity (Wildman–Crippen MR) is 546 cm³/mol. The second-order valence-electron chi connectivity index (χ2n) is 33.8. The molecule has 0 radical (unpaired) electrons. The Bertz CT molecular complexity index is 5580. The van der Waals surface area contributed by atoms with Crippen LogP contribution in [0.25, 0.3) is 0 Å². The van der Waals surface area contributed by atoms with E-state index in [1.807, 2.05) is 66.5 Å². The fourth-order valence-electron chi connectivity index (χ4n) is 19.5. The molecule has 6 aromatic carbocycles. The van der Waals surface area contributed by atoms with Crippen molar-refractivity contribution in [3.8, 4) is 0 Å². The molecule has 12 aromatic rings. The fraction of sp³-hybridized carbons (Fsp3) is 0.278. The van der Waals surface area contributed by atoms with Crippen LogP contribution >= 0.6 is 114 Å². The highest BCUT2D eigenvalue weighted by Gasteiger charge is 2.43. The monoisotopic (exact) mass is 1920 g/mol. The van der Waals surface area contributed by atoms with Gasteiger partial charge in [0.1, 0.15) is 0 Å². The van der Waals surface area contributed by atoms with Crippen molar-refractivity contribution < 1.29 is 28.8 Å². The Morgan fingerprint density at radius 2 is 0.546 bits per heavy atom. The highest BCUT2D eigenvalue weighted by atomic mass is 35.5. The summed E-state index contributed by atoms with van der Waals surface area (Å²) in [5.74, 6) is 1.09. The summed E-state index contributed by atoms with van der Waals surface area (Å²) in [6.45, 7) is 45.3. The zero-order chi connectivity index (χ0) is 93.1. The van der Waals surface area contributed by atoms with Crippen LogP contribution in [0, 0.1) is 41.5 Å². The summed E-state index contributed by atoms with van der Waals surface area (Å²) in [6.07, 6.45) is 12.0. The summed E-state index contributed by atoms with van der Waals surface area (Å²) in [4.78, 5) is 87.3. The van der Waals surface area contributed by atoms with Crippen LogP contribution in [0.5, 0.6) is 0 Å². The Balaban J connectivity index is 0.000000133. The third-order valence-corrected chi connectivity index (χ3v) is 33.2. The quantitative estimate of drug-likeness (QED) is 0.104. The highest BCUT2D eigenvalue weighted by molar-refractivity contribution is 7.17. The molecule has 2 N–H and O–H groups in total. The van der Waals surface area contributed by atoms with Gasteiger partial charge in [-0.2, -0.15) is 0 Å². The van der Waals surface area contributed by atoms with Gasteiger partial charge in [-0.15, -0.1) is 68.0 Å². The molecule has 0 saturated carbocycles. The number of nitrogens with zero attached hydrogens (tertiary/aromatic N) is 4. The van der Waals surface area contributed by atoms with Gasteiger partial charge in [0.25, 0.3) is 0 Å². The molecule has 0 spiro atoms. The minimum Gasteiger partial charge on any atom is -0.349 e. The molecule has 12 atom stereocenters. The van der Waals surface area contributed by atoms with Gasteiger partial charge in [-0.25, -0.2) is 0 Å². The normalized spacial score (nSPS) is 20.6. The first-order valence-corrected chi connectivity index (χ1v) is 50.2. The minimum atomic E-state index is -0.0813. The van der Waals surface area contributed by atoms with Crippen molar-refractivity contribution >= 4 is 150 Å². The summed E-state index contributed by atoms with van der Waals surface area (Å²) >= 11 is 34.9. The van der Waals surface area contributed by atoms with Gasteiger partial charge in [0.15, 0.2) is 0 Å². The Labute approximate surface area is 810 Å². The standard InChI is InChI=1S/4C18H18ClNOS.2C18H19NOS/c4*1-4-17(21)20-10-15-14(9-16(19)22-15)18(12(20)3)13-8-6-5-7-11(13)2;2*1-3-17(20)19-14-10-13-8-9-21-18(13)16(11-14)15-7-5-4-6-12(15)2/h4*4-9,12,18H,1,10H2,2-3H3;2*3-9,14,16H,1,10-11H2,2H3,(H,19,20)/t2*12-,18+;2*12-,18-;14-,16+;14-,16-/m101011/s1. The summed E-state index contributed by atoms with van der Waals surface area (Å²) in [5, 5.41) is 10.5. The first-order chi connectivity index (χ1) is 62.5. The van der Waals surface area contributed by atoms with Gasteiger partial charge in [0.2, 0.25) is 35.4 Å². The number of hydrogen-bond acceptors (Lipinski definition) is 12. The van der Waals surface area contributed by atoms with Crippen LogP contribution < -0.4 is 10.6 Å². The van der Waals surface area contributed by atoms with Gasteiger partial charge < -0.3 is 30.2 Å². The molecule has 4 aliphatic heterocycles. The Kier molecular flexibility index (Phi) is 33.0. The summed E-state index contributed by atoms with van der Waals surface area (Å²) < 4.78 is 3.12. The number of nitrogens with one attached hydrogen (secondary N) is 2. The lowest BCUT2D eigenvalue weighted by Crippen LogP contribution is -2.44. The van der Waals surface area contributed by atoms with Gasteiger partial charge >= 0.3 is 0 Å². The zero-order valence-corrected chi connectivity index (χ0v) is 82.9. The maximum atomic E-state index is 12.2. The van der Waals surface area contributed by atoms with Crippen LogP contribution in [0.2, 0.25) is 17.3 Å². The van der Waals surface area contributed by atoms with Crippen molar-refractivity contribution in [3.63, 3.8) is 0 Å². The van der Waals surface area contributed by atoms with E-state index in [4.69, 9.17) is 46.4 Å². The molecule has 0 saturated heterocycles. The van der Waals surface area contributed by atoms with Crippen molar-refractivity contribution in [1.29, 1.82) is 0 Å². The number of fused-ring (bicyclic) bond motifs is 6. The van der Waals surface area contributed by atoms with E-state index in [-0.39, 0.29) is 95.4 Å². The van der Waals surface area contributed by atoms with E-state index in [9.17, 15) is 28.8 Å². The number of aryl methyl sites for hydroxylation is 6. The molecule has 0 fully saturated rings. The fourth-order valence-corrected chi connectivity index (χ4v) is 27.0. The molecular formula is C108H110Cl4N6O6S6. The van der Waals surface area contributed by atoms with Gasteiger partial charge in [-0.05, 0) is 279 Å². The van der Waals surface area contributed by atoms with E-state index in [0.717, 1.165) is 43.0 Å². The van der Waals surface area contributed by atoms with Crippen molar-refractivity contribution in [2.24, 2.45) is 0 Å². The van der Waals surface area contributed by atoms with E-state index >= 15 is 0 Å². The van der Waals surface area contributed by atoms with Crippen molar-refractivity contribution in [2.75, 3.05) is 0 Å². The maximum absolute atomic E-state index is 12.2. The molecule has 12 nitrogen and oxygen atoms in total. The van der Waals surface area contributed by atoms with Gasteiger partial charge in [0.05, 0.1) is 43.5 Å². The van der Waals surface area contributed by atoms with Crippen LogP contribution in [0.1, 0.15) is 205 Å². The number of rotatable bonds is 14. The molecule has 6 aliphatic rings. The molecule has 10 heterocycles. The van der Waals surface area contributed by atoms with Crippen LogP contribution in [-0.2, 0) is 67.8 Å². The SMILES string of the molecule is C=CC(=O)N1Cc2sc(Cl)cc2[C@@H](c2ccccc2C)[C@@H]1C.C=CC(=O)N1Cc2sc(Cl)cc2[C@@H](c2ccccc2C)[C@H]1C.C=CC(=O)N1Cc2sc(Cl)cc2[C@H](c2ccccc2C)[C@@H]1C.C=CC(=O)N1Cc2sc(Cl)cc2[C@H](c2ccccc2C)[C@H]1C.C=CC(=O)N[C@@H]1Cc2ccsc2[C@@H](c2ccccc2C)C1.C=CC(=O)N[C@@H]1Cc2ccsc2[C@H](c2ccccc2C)C1. The molecule has 6 amide bonds. The predicted octanol–water partition coefficient (Wildman–Crippen LogP) is 26.6. The second-order valence-corrected chi connectivity index (χ2v) is 42.8. The highest BCUT2D eigenvalue weighted by Crippen LogP contribution is 2.51. The van der Waals surface area contributed by atoms with Crippen molar-refractivity contribution in [1.82, 2.24) is 30.2 Å². The molecule has 0 bridgehead atoms. The zero-order valence-electron chi connectivity index (χ0n) is 75.0. The summed E-state index contributed by atoms with van der Waals surface area (Å²) in [6, 6.07) is 63.8. The summed E-state index contributed by atoms with van der Waals surface area (Å²) in [5.41, 5.74) is 23.1. The minimum absolute atomic E-state index is 0.0266. The number of hydrogen-bond donors (Lipinski definition) is 2. The summed E-state index contributed by atoms with van der Waals surface area (Å²) in [7, 11) is 0. The van der Waals surface area contributed by atoms with E-state index in [1.165, 1.54) is 166 Å². The third kappa shape index (κ3) is 21.8. The molecular weight excluding hydrogens is 1810 g/mol. The number of benzene rings is 6. The van der Waals surface area contributed by atoms with Gasteiger partial charge in [-0.3, -0.25) is 28.8 Å². The van der Waals surface area contributed by atoms with Crippen LogP contribution in [-0.4, -0.2) is 91.3 Å². The first-order valence-electron chi connectivity index (χ1n) is 43.6. The number of amides is 6. The van der Waals surface area contributed by atoms with E-state index in [0.29, 0.717) is 38.0 Å². The topological polar surface area (TPSA) is 139 Å². The van der Waals surface area contributed by atoms with Gasteiger partial charge in [-0.1, -0.05) is 231 Å². The average Bonchev–Trinajstić information content (AvgIpc) is 1.43. The average molecular weight is 1920 g/mol. The third-order valence-electron chi connectivity index (χ3n) is 26.0. The lowest BCUT2D eigenvalue weighted by atomic mass is 9.80. The maximum Gasteiger partial charge on any atom is 0.246 e. The lowest BCUT2D eigenvalue weighted by molar-refractivity contribution is -0.130. The molecule has 6 aromatic heterocycles. The number of halogens is 4. The van der Waals surface area contributed by atoms with Crippen LogP contribution in [0.15, 0.2) is 269 Å². The van der Waals surface area contributed by atoms with E-state index in [1.54, 1.807) is 45.3 Å². The first kappa shape index (κ1) is 97.5. The number of carbonyl (C=O) groups excluding carboxylic acids is 6. The van der Waals surface area contributed by atoms with Gasteiger partial charge in [0, 0.05) is 101 Å². The van der Waals surface area contributed by atoms with Crippen LogP contribution in [0.3, 0.4) is 0 Å². The van der Waals surface area contributed by atoms with E-state index in [2.05, 4.69) is 288 Å². The molecule has 130 heavy (non-hydrogen) atoms. The molecule has 22 heteroatoms. The molecule has 2 aliphatic carbocycles. The Morgan fingerprint density at radius 1 is 0.323 bits per heavy atom. The second kappa shape index (κ2) is 44.0. The number of carbonyl (C=O) groups is 6. The molecule has 0 unspecified atom stereocenters. The molecule has 672 valence electrons. The van der Waals surface area contributed by atoms with Crippen molar-refractivity contribution in [3.05, 3.63) is 415 Å². The smallest absolute Gasteiger partial charge is 0.246 e. The Morgan fingerprint density at radius 3 is 0.762 bits per heavy atom. The number of thiophene rings is 6. The Hall–Kier alpha value is -10.1. The largest absolute Gasteiger partial charge is 0.349 e. The van der Waals surface area contributed by atoms with E-state index < -0.39 is 0 Å². The van der Waals surface area contributed by atoms with Crippen LogP contribution in [0.4, 0.5) is 0 Å².